The summed E-state index contributed by atoms with van der Waals surface area (Å²) in [6, 6.07) is 23.0. The third-order valence-corrected chi connectivity index (χ3v) is 8.98. The van der Waals surface area contributed by atoms with E-state index in [1.54, 1.807) is 46.4 Å². The Kier molecular flexibility index (Phi) is 9.56. The van der Waals surface area contributed by atoms with Gasteiger partial charge in [-0.15, -0.1) is 0 Å². The zero-order chi connectivity index (χ0) is 34.9. The van der Waals surface area contributed by atoms with Gasteiger partial charge in [-0.2, -0.15) is 0 Å². The Morgan fingerprint density at radius 1 is 0.688 bits per heavy atom. The van der Waals surface area contributed by atoms with Gasteiger partial charge in [0.1, 0.15) is 11.0 Å². The number of pyridine rings is 2. The van der Waals surface area contributed by atoms with E-state index in [4.69, 9.17) is 4.74 Å². The molecule has 0 bridgehead atoms. The van der Waals surface area contributed by atoms with Gasteiger partial charge in [0.05, 0.1) is 29.8 Å². The SMILES string of the molecule is CCOC(=O)c1c(C)n(C(C)c2ccccc2)c2c(=O)n(C)ccc12.Cc1c(C(=O)O)c2ccn(C)c(=O)c2n1C(C)c1ccccc1. The van der Waals surface area contributed by atoms with Crippen molar-refractivity contribution in [3.63, 3.8) is 0 Å². The van der Waals surface area contributed by atoms with Gasteiger partial charge in [0, 0.05) is 48.6 Å². The molecule has 0 amide bonds. The van der Waals surface area contributed by atoms with Gasteiger partial charge in [0.15, 0.2) is 0 Å². The van der Waals surface area contributed by atoms with Crippen molar-refractivity contribution in [3.8, 4) is 0 Å². The zero-order valence-electron chi connectivity index (χ0n) is 28.2. The number of ether oxygens (including phenoxy) is 1. The summed E-state index contributed by atoms with van der Waals surface area (Å²) in [6.07, 6.45) is 3.29. The summed E-state index contributed by atoms with van der Waals surface area (Å²) >= 11 is 0. The van der Waals surface area contributed by atoms with Crippen LogP contribution < -0.4 is 11.1 Å². The van der Waals surface area contributed by atoms with Crippen molar-refractivity contribution in [2.45, 2.75) is 46.7 Å². The smallest absolute Gasteiger partial charge is 0.340 e. The van der Waals surface area contributed by atoms with E-state index < -0.39 is 11.9 Å². The maximum atomic E-state index is 12.8. The Balaban J connectivity index is 0.000000188. The highest BCUT2D eigenvalue weighted by Gasteiger charge is 2.27. The fourth-order valence-corrected chi connectivity index (χ4v) is 6.53. The zero-order valence-corrected chi connectivity index (χ0v) is 28.2. The monoisotopic (exact) mass is 648 g/mol. The number of fused-ring (bicyclic) bond motifs is 2. The molecule has 2 atom stereocenters. The largest absolute Gasteiger partial charge is 0.478 e. The molecule has 248 valence electrons. The summed E-state index contributed by atoms with van der Waals surface area (Å²) in [6.45, 7) is 9.69. The van der Waals surface area contributed by atoms with Crippen molar-refractivity contribution < 1.29 is 19.4 Å². The fraction of sp³-hybridized carbons (Fsp3) is 0.263. The molecule has 48 heavy (non-hydrogen) atoms. The van der Waals surface area contributed by atoms with Crippen molar-refractivity contribution in [2.75, 3.05) is 6.61 Å². The van der Waals surface area contributed by atoms with Gasteiger partial charge < -0.3 is 28.1 Å². The lowest BCUT2D eigenvalue weighted by molar-refractivity contribution is 0.0527. The first-order valence-corrected chi connectivity index (χ1v) is 15.8. The van der Waals surface area contributed by atoms with Crippen molar-refractivity contribution >= 4 is 33.7 Å². The summed E-state index contributed by atoms with van der Waals surface area (Å²) in [5.74, 6) is -1.41. The number of hydrogen-bond donors (Lipinski definition) is 1. The summed E-state index contributed by atoms with van der Waals surface area (Å²) < 4.78 is 12.0. The number of carbonyl (C=O) groups excluding carboxylic acids is 1. The van der Waals surface area contributed by atoms with Crippen molar-refractivity contribution in [1.82, 2.24) is 18.3 Å². The molecule has 2 aromatic carbocycles. The first-order chi connectivity index (χ1) is 22.9. The minimum Gasteiger partial charge on any atom is -0.478 e. The van der Waals surface area contributed by atoms with E-state index in [-0.39, 0.29) is 28.8 Å². The average Bonchev–Trinajstić information content (AvgIpc) is 3.56. The lowest BCUT2D eigenvalue weighted by atomic mass is 10.1. The molecule has 10 nitrogen and oxygen atoms in total. The van der Waals surface area contributed by atoms with Gasteiger partial charge in [-0.3, -0.25) is 9.59 Å². The summed E-state index contributed by atoms with van der Waals surface area (Å²) in [7, 11) is 3.38. The van der Waals surface area contributed by atoms with Crippen LogP contribution in [0.3, 0.4) is 0 Å². The maximum Gasteiger partial charge on any atom is 0.340 e. The Bertz CT molecular complexity index is 2260. The molecule has 0 aliphatic heterocycles. The predicted molar refractivity (Wildman–Crippen MR) is 187 cm³/mol. The van der Waals surface area contributed by atoms with Gasteiger partial charge >= 0.3 is 11.9 Å². The Morgan fingerprint density at radius 2 is 1.08 bits per heavy atom. The van der Waals surface area contributed by atoms with Crippen molar-refractivity contribution in [1.29, 1.82) is 0 Å². The maximum absolute atomic E-state index is 12.8. The van der Waals surface area contributed by atoms with Crippen LogP contribution in [0.5, 0.6) is 0 Å². The standard InChI is InChI=1S/C20H22N2O3.C18H18N2O3/c1-5-25-20(24)17-14(3)22(13(2)15-9-7-6-8-10-15)18-16(17)11-12-21(4)19(18)23;1-11(13-7-5-4-6-8-13)20-12(2)15(18(22)23)14-9-10-19(3)17(21)16(14)20/h6-13H,5H2,1-4H3;4-11H,1-3H3,(H,22,23). The van der Waals surface area contributed by atoms with Gasteiger partial charge in [0.25, 0.3) is 11.1 Å². The minimum atomic E-state index is -1.01. The first kappa shape index (κ1) is 33.7. The van der Waals surface area contributed by atoms with Crippen LogP contribution in [-0.4, -0.2) is 41.9 Å². The lowest BCUT2D eigenvalue weighted by Crippen LogP contribution is -2.20. The van der Waals surface area contributed by atoms with Crippen LogP contribution >= 0.6 is 0 Å². The molecule has 6 aromatic rings. The predicted octanol–water partition coefficient (Wildman–Crippen LogP) is 6.39. The number of nitrogens with zero attached hydrogens (tertiary/aromatic N) is 4. The normalized spacial score (nSPS) is 12.4. The molecule has 0 saturated carbocycles. The number of aromatic carboxylic acids is 1. The molecular formula is C38H40N4O6. The second-order valence-corrected chi connectivity index (χ2v) is 11.8. The average molecular weight is 649 g/mol. The fourth-order valence-electron chi connectivity index (χ4n) is 6.53. The van der Waals surface area contributed by atoms with Crippen molar-refractivity contribution in [2.24, 2.45) is 14.1 Å². The topological polar surface area (TPSA) is 117 Å². The minimum absolute atomic E-state index is 0.0815. The molecule has 0 saturated heterocycles. The Hall–Kier alpha value is -5.64. The molecule has 4 aromatic heterocycles. The number of aromatic nitrogens is 4. The number of carboxylic acids is 1. The van der Waals surface area contributed by atoms with E-state index in [0.29, 0.717) is 39.7 Å². The molecule has 2 unspecified atom stereocenters. The molecule has 1 N–H and O–H groups in total. The third-order valence-electron chi connectivity index (χ3n) is 8.98. The molecule has 4 heterocycles. The van der Waals surface area contributed by atoms with E-state index in [0.717, 1.165) is 16.8 Å². The van der Waals surface area contributed by atoms with Gasteiger partial charge in [0.2, 0.25) is 0 Å². The van der Waals surface area contributed by atoms with Crippen LogP contribution in [0.4, 0.5) is 0 Å². The number of carboxylic acid groups (broad SMARTS) is 1. The number of benzene rings is 2. The highest BCUT2D eigenvalue weighted by atomic mass is 16.5. The number of hydrogen-bond acceptors (Lipinski definition) is 5. The van der Waals surface area contributed by atoms with Gasteiger partial charge in [-0.25, -0.2) is 9.59 Å². The van der Waals surface area contributed by atoms with E-state index in [2.05, 4.69) is 0 Å². The summed E-state index contributed by atoms with van der Waals surface area (Å²) in [4.78, 5) is 49.6. The highest BCUT2D eigenvalue weighted by molar-refractivity contribution is 6.06. The van der Waals surface area contributed by atoms with Crippen LogP contribution in [-0.2, 0) is 18.8 Å². The summed E-state index contributed by atoms with van der Waals surface area (Å²) in [5.41, 5.74) is 4.74. The molecule has 10 heteroatoms. The van der Waals surface area contributed by atoms with Crippen molar-refractivity contribution in [3.05, 3.63) is 140 Å². The van der Waals surface area contributed by atoms with Gasteiger partial charge in [-0.1, -0.05) is 60.7 Å². The van der Waals surface area contributed by atoms with Gasteiger partial charge in [-0.05, 0) is 57.9 Å². The lowest BCUT2D eigenvalue weighted by Gasteiger charge is -2.18. The van der Waals surface area contributed by atoms with E-state index >= 15 is 0 Å². The first-order valence-electron chi connectivity index (χ1n) is 15.8. The van der Waals surface area contributed by atoms with Crippen LogP contribution in [0.1, 0.15) is 76.1 Å². The third kappa shape index (κ3) is 5.85. The quantitative estimate of drug-likeness (QED) is 0.201. The molecule has 0 fully saturated rings. The Morgan fingerprint density at radius 3 is 1.48 bits per heavy atom. The molecule has 0 spiro atoms. The Labute approximate surface area is 278 Å². The number of rotatable bonds is 7. The van der Waals surface area contributed by atoms with Crippen LogP contribution in [0.25, 0.3) is 21.8 Å². The summed E-state index contributed by atoms with van der Waals surface area (Å²) in [5, 5.41) is 10.7. The molecular weight excluding hydrogens is 608 g/mol. The molecule has 0 aliphatic carbocycles. The van der Waals surface area contributed by atoms with Crippen LogP contribution in [0, 0.1) is 13.8 Å². The highest BCUT2D eigenvalue weighted by Crippen LogP contribution is 2.32. The van der Waals surface area contributed by atoms with Crippen LogP contribution in [0.2, 0.25) is 0 Å². The van der Waals surface area contributed by atoms with Crippen LogP contribution in [0.15, 0.2) is 94.8 Å². The van der Waals surface area contributed by atoms with E-state index in [1.165, 1.54) is 9.13 Å². The molecule has 6 rings (SSSR count). The van der Waals surface area contributed by atoms with E-state index in [1.807, 2.05) is 96.6 Å². The van der Waals surface area contributed by atoms with E-state index in [9.17, 15) is 24.3 Å². The second kappa shape index (κ2) is 13.6. The number of aryl methyl sites for hydroxylation is 2. The number of esters is 1. The number of carbonyl (C=O) groups is 2. The molecule has 0 aliphatic rings. The molecule has 0 radical (unpaired) electrons. The second-order valence-electron chi connectivity index (χ2n) is 11.8.